The largest absolute Gasteiger partial charge is 0.284 e. The van der Waals surface area contributed by atoms with Gasteiger partial charge >= 0.3 is 0 Å². The molecule has 0 aliphatic carbocycles. The molecular weight excluding hydrogens is 250 g/mol. The van der Waals surface area contributed by atoms with Gasteiger partial charge in [-0.2, -0.15) is 0 Å². The molecule has 0 saturated carbocycles. The van der Waals surface area contributed by atoms with Crippen molar-refractivity contribution in [3.63, 3.8) is 0 Å². The summed E-state index contributed by atoms with van der Waals surface area (Å²) in [7, 11) is 0. The van der Waals surface area contributed by atoms with Crippen LogP contribution >= 0.6 is 11.3 Å². The second kappa shape index (κ2) is 4.61. The maximum atomic E-state index is 4.73. The summed E-state index contributed by atoms with van der Waals surface area (Å²) in [5.74, 6) is 0. The van der Waals surface area contributed by atoms with E-state index in [4.69, 9.17) is 4.99 Å². The molecule has 2 heterocycles. The van der Waals surface area contributed by atoms with E-state index in [0.717, 1.165) is 13.0 Å². The molecule has 1 aromatic heterocycles. The van der Waals surface area contributed by atoms with Gasteiger partial charge in [-0.05, 0) is 22.4 Å². The Labute approximate surface area is 119 Å². The smallest absolute Gasteiger partial charge is 0.0730 e. The van der Waals surface area contributed by atoms with Crippen molar-refractivity contribution < 1.29 is 0 Å². The molecule has 1 aromatic carbocycles. The number of rotatable bonds is 1. The number of aliphatic imine (C=N–C) groups is 1. The molecule has 0 radical (unpaired) electrons. The molecule has 0 amide bonds. The van der Waals surface area contributed by atoms with Crippen LogP contribution in [0.5, 0.6) is 0 Å². The molecule has 0 atom stereocenters. The van der Waals surface area contributed by atoms with E-state index in [1.165, 1.54) is 27.3 Å². The molecule has 98 valence electrons. The lowest BCUT2D eigenvalue weighted by atomic mass is 9.86. The quantitative estimate of drug-likeness (QED) is 0.726. The third-order valence-corrected chi connectivity index (χ3v) is 4.61. The van der Waals surface area contributed by atoms with Gasteiger partial charge in [-0.25, -0.2) is 0 Å². The van der Waals surface area contributed by atoms with Crippen LogP contribution in [0.3, 0.4) is 0 Å². The predicted octanol–water partition coefficient (Wildman–Crippen LogP) is 4.44. The summed E-state index contributed by atoms with van der Waals surface area (Å²) in [6.45, 7) is 7.66. The van der Waals surface area contributed by atoms with Gasteiger partial charge in [-0.15, -0.1) is 11.3 Å². The van der Waals surface area contributed by atoms with E-state index in [9.17, 15) is 0 Å². The number of hydrogen-bond donors (Lipinski definition) is 0. The van der Waals surface area contributed by atoms with Gasteiger partial charge in [-0.1, -0.05) is 45.0 Å². The minimum atomic E-state index is 0.209. The van der Waals surface area contributed by atoms with E-state index in [1.54, 1.807) is 0 Å². The molecule has 2 heteroatoms. The monoisotopic (exact) mass is 269 g/mol. The third kappa shape index (κ3) is 2.37. The van der Waals surface area contributed by atoms with Crippen molar-refractivity contribution in [3.05, 3.63) is 57.3 Å². The minimum absolute atomic E-state index is 0.209. The summed E-state index contributed by atoms with van der Waals surface area (Å²) in [6, 6.07) is 11.1. The van der Waals surface area contributed by atoms with Crippen LogP contribution in [0.1, 0.15) is 42.3 Å². The molecule has 0 saturated heterocycles. The predicted molar refractivity (Wildman–Crippen MR) is 83.7 cm³/mol. The van der Waals surface area contributed by atoms with Crippen LogP contribution in [0.2, 0.25) is 0 Å². The number of benzene rings is 1. The van der Waals surface area contributed by atoms with Crippen molar-refractivity contribution in [1.29, 1.82) is 0 Å². The molecule has 1 aliphatic rings. The van der Waals surface area contributed by atoms with Crippen LogP contribution in [-0.4, -0.2) is 12.3 Å². The molecule has 0 fully saturated rings. The molecule has 3 rings (SSSR count). The second-order valence-electron chi connectivity index (χ2n) is 6.07. The molecule has 0 spiro atoms. The van der Waals surface area contributed by atoms with E-state index in [-0.39, 0.29) is 5.41 Å². The van der Waals surface area contributed by atoms with Crippen molar-refractivity contribution >= 4 is 17.0 Å². The van der Waals surface area contributed by atoms with Gasteiger partial charge in [0.15, 0.2) is 0 Å². The Morgan fingerprint density at radius 2 is 1.79 bits per heavy atom. The average Bonchev–Trinajstić information content (AvgIpc) is 2.86. The number of hydrogen-bond acceptors (Lipinski definition) is 2. The van der Waals surface area contributed by atoms with Crippen LogP contribution in [0.4, 0.5) is 0 Å². The zero-order valence-electron chi connectivity index (χ0n) is 11.7. The Balaban J connectivity index is 1.98. The Kier molecular flexibility index (Phi) is 3.06. The standard InChI is InChI=1S/C17H19NS/c1-17(2,3)13-6-4-12(5-7-13)16-14-9-11-19-15(14)8-10-18-16/h4-7,9,11H,8,10H2,1-3H3. The van der Waals surface area contributed by atoms with E-state index in [0.29, 0.717) is 0 Å². The summed E-state index contributed by atoms with van der Waals surface area (Å²) in [5, 5.41) is 2.18. The second-order valence-corrected chi connectivity index (χ2v) is 7.07. The summed E-state index contributed by atoms with van der Waals surface area (Å²) in [6.07, 6.45) is 1.09. The average molecular weight is 269 g/mol. The number of fused-ring (bicyclic) bond motifs is 1. The van der Waals surface area contributed by atoms with Gasteiger partial charge in [0.1, 0.15) is 0 Å². The van der Waals surface area contributed by atoms with Crippen molar-refractivity contribution in [1.82, 2.24) is 0 Å². The molecule has 0 unspecified atom stereocenters. The fraction of sp³-hybridized carbons (Fsp3) is 0.353. The Morgan fingerprint density at radius 1 is 1.05 bits per heavy atom. The first kappa shape index (κ1) is 12.6. The van der Waals surface area contributed by atoms with Crippen molar-refractivity contribution in [2.45, 2.75) is 32.6 Å². The van der Waals surface area contributed by atoms with Crippen LogP contribution in [0, 0.1) is 0 Å². The zero-order valence-corrected chi connectivity index (χ0v) is 12.6. The lowest BCUT2D eigenvalue weighted by Gasteiger charge is -2.20. The number of nitrogens with zero attached hydrogens (tertiary/aromatic N) is 1. The van der Waals surface area contributed by atoms with Gasteiger partial charge in [0, 0.05) is 29.0 Å². The summed E-state index contributed by atoms with van der Waals surface area (Å²) in [5.41, 5.74) is 5.33. The van der Waals surface area contributed by atoms with Crippen molar-refractivity contribution in [2.75, 3.05) is 6.54 Å². The fourth-order valence-corrected chi connectivity index (χ4v) is 3.34. The van der Waals surface area contributed by atoms with Crippen LogP contribution in [-0.2, 0) is 11.8 Å². The van der Waals surface area contributed by atoms with Crippen LogP contribution in [0.25, 0.3) is 0 Å². The highest BCUT2D eigenvalue weighted by Crippen LogP contribution is 2.27. The van der Waals surface area contributed by atoms with Gasteiger partial charge in [0.05, 0.1) is 5.71 Å². The first-order chi connectivity index (χ1) is 9.05. The molecule has 1 nitrogen and oxygen atoms in total. The fourth-order valence-electron chi connectivity index (χ4n) is 2.47. The topological polar surface area (TPSA) is 12.4 Å². The Morgan fingerprint density at radius 3 is 2.47 bits per heavy atom. The van der Waals surface area contributed by atoms with Crippen LogP contribution < -0.4 is 0 Å². The Bertz CT molecular complexity index is 611. The highest BCUT2D eigenvalue weighted by atomic mass is 32.1. The molecule has 2 aromatic rings. The minimum Gasteiger partial charge on any atom is -0.284 e. The van der Waals surface area contributed by atoms with Gasteiger partial charge < -0.3 is 0 Å². The van der Waals surface area contributed by atoms with E-state index in [1.807, 2.05) is 11.3 Å². The first-order valence-corrected chi connectivity index (χ1v) is 7.66. The summed E-state index contributed by atoms with van der Waals surface area (Å²) < 4.78 is 0. The number of thiophene rings is 1. The van der Waals surface area contributed by atoms with Crippen LogP contribution in [0.15, 0.2) is 40.7 Å². The lowest BCUT2D eigenvalue weighted by Crippen LogP contribution is -2.14. The van der Waals surface area contributed by atoms with Crippen molar-refractivity contribution in [2.24, 2.45) is 4.99 Å². The normalized spacial score (nSPS) is 15.0. The van der Waals surface area contributed by atoms with E-state index in [2.05, 4.69) is 56.5 Å². The van der Waals surface area contributed by atoms with E-state index >= 15 is 0 Å². The van der Waals surface area contributed by atoms with Gasteiger partial charge in [-0.3, -0.25) is 4.99 Å². The molecule has 0 N–H and O–H groups in total. The highest BCUT2D eigenvalue weighted by Gasteiger charge is 2.18. The maximum absolute atomic E-state index is 4.73. The molecule has 19 heavy (non-hydrogen) atoms. The third-order valence-electron chi connectivity index (χ3n) is 3.63. The summed E-state index contributed by atoms with van der Waals surface area (Å²) >= 11 is 1.85. The Hall–Kier alpha value is -1.41. The first-order valence-electron chi connectivity index (χ1n) is 6.78. The highest BCUT2D eigenvalue weighted by molar-refractivity contribution is 7.10. The van der Waals surface area contributed by atoms with Crippen molar-refractivity contribution in [3.8, 4) is 0 Å². The van der Waals surface area contributed by atoms with Gasteiger partial charge in [0.25, 0.3) is 0 Å². The van der Waals surface area contributed by atoms with E-state index < -0.39 is 0 Å². The summed E-state index contributed by atoms with van der Waals surface area (Å²) in [4.78, 5) is 6.21. The molecule has 1 aliphatic heterocycles. The molecule has 0 bridgehead atoms. The molecular formula is C17H19NS. The lowest BCUT2D eigenvalue weighted by molar-refractivity contribution is 0.590. The maximum Gasteiger partial charge on any atom is 0.0730 e. The SMILES string of the molecule is CC(C)(C)c1ccc(C2=NCCc3sccc32)cc1. The van der Waals surface area contributed by atoms with Gasteiger partial charge in [0.2, 0.25) is 0 Å². The zero-order chi connectivity index (χ0) is 13.5.